The van der Waals surface area contributed by atoms with E-state index in [0.717, 1.165) is 46.8 Å². The van der Waals surface area contributed by atoms with Crippen LogP contribution in [0.4, 0.5) is 0 Å². The average molecular weight is 329 g/mol. The van der Waals surface area contributed by atoms with E-state index in [1.807, 2.05) is 0 Å². The van der Waals surface area contributed by atoms with Crippen LogP contribution in [0, 0.1) is 46.8 Å². The normalized spacial score (nSPS) is 50.7. The molecule has 8 unspecified atom stereocenters. The van der Waals surface area contributed by atoms with Crippen LogP contribution < -0.4 is 0 Å². The maximum Gasteiger partial charge on any atom is -0.0175 e. The zero-order valence-corrected chi connectivity index (χ0v) is 16.5. The molecule has 4 saturated carbocycles. The molecule has 4 rings (SSSR count). The molecule has 4 aliphatic rings. The fourth-order valence-corrected chi connectivity index (χ4v) is 8.40. The summed E-state index contributed by atoms with van der Waals surface area (Å²) in [5, 5.41) is 0. The van der Waals surface area contributed by atoms with Crippen LogP contribution in [0.15, 0.2) is 12.2 Å². The zero-order chi connectivity index (χ0) is 16.9. The molecule has 0 heteroatoms. The minimum absolute atomic E-state index is 0.736. The smallest absolute Gasteiger partial charge is 0.0175 e. The molecule has 0 aliphatic heterocycles. The summed E-state index contributed by atoms with van der Waals surface area (Å²) < 4.78 is 0. The van der Waals surface area contributed by atoms with Gasteiger partial charge < -0.3 is 0 Å². The summed E-state index contributed by atoms with van der Waals surface area (Å²) in [6.45, 7) is 11.8. The molecule has 4 aliphatic carbocycles. The lowest BCUT2D eigenvalue weighted by Crippen LogP contribution is -2.52. The van der Waals surface area contributed by atoms with E-state index in [4.69, 9.17) is 0 Å². The van der Waals surface area contributed by atoms with Gasteiger partial charge in [-0.25, -0.2) is 0 Å². The molecule has 0 aromatic heterocycles. The van der Waals surface area contributed by atoms with Crippen molar-refractivity contribution in [3.8, 4) is 0 Å². The molecule has 0 saturated heterocycles. The van der Waals surface area contributed by atoms with Gasteiger partial charge in [0.15, 0.2) is 0 Å². The Balaban J connectivity index is 1.57. The third-order valence-corrected chi connectivity index (χ3v) is 9.58. The zero-order valence-electron chi connectivity index (χ0n) is 16.5. The van der Waals surface area contributed by atoms with Crippen LogP contribution in [-0.2, 0) is 0 Å². The summed E-state index contributed by atoms with van der Waals surface area (Å²) in [6.07, 6.45) is 16.5. The van der Waals surface area contributed by atoms with Gasteiger partial charge >= 0.3 is 0 Å². The molecule has 0 aromatic carbocycles. The minimum Gasteiger partial charge on any atom is -0.0996 e. The molecule has 0 amide bonds. The molecule has 0 nitrogen and oxygen atoms in total. The molecule has 24 heavy (non-hydrogen) atoms. The van der Waals surface area contributed by atoms with Gasteiger partial charge in [0.2, 0.25) is 0 Å². The number of rotatable bonds is 3. The van der Waals surface area contributed by atoms with Crippen LogP contribution in [0.25, 0.3) is 0 Å². The van der Waals surface area contributed by atoms with Crippen molar-refractivity contribution in [3.63, 3.8) is 0 Å². The first kappa shape index (κ1) is 17.2. The van der Waals surface area contributed by atoms with Gasteiger partial charge in [0.25, 0.3) is 0 Å². The first-order valence-corrected chi connectivity index (χ1v) is 11.3. The Morgan fingerprint density at radius 3 is 2.42 bits per heavy atom. The Morgan fingerprint density at radius 1 is 0.917 bits per heavy atom. The number of hydrogen-bond acceptors (Lipinski definition) is 0. The van der Waals surface area contributed by atoms with Gasteiger partial charge in [0.1, 0.15) is 0 Å². The Labute approximate surface area is 150 Å². The van der Waals surface area contributed by atoms with E-state index in [1.165, 1.54) is 38.5 Å². The third-order valence-electron chi connectivity index (χ3n) is 9.58. The van der Waals surface area contributed by atoms with Crippen molar-refractivity contribution >= 4 is 0 Å². The van der Waals surface area contributed by atoms with E-state index in [1.54, 1.807) is 37.7 Å². The maximum atomic E-state index is 4.45. The van der Waals surface area contributed by atoms with Gasteiger partial charge in [0.05, 0.1) is 0 Å². The van der Waals surface area contributed by atoms with E-state index < -0.39 is 0 Å². The Hall–Kier alpha value is -0.260. The van der Waals surface area contributed by atoms with Crippen molar-refractivity contribution in [2.75, 3.05) is 0 Å². The van der Waals surface area contributed by atoms with E-state index in [9.17, 15) is 0 Å². The average Bonchev–Trinajstić information content (AvgIpc) is 3.04. The largest absolute Gasteiger partial charge is 0.0996 e. The van der Waals surface area contributed by atoms with Crippen molar-refractivity contribution in [2.45, 2.75) is 91.4 Å². The lowest BCUT2D eigenvalue weighted by atomic mass is 9.45. The van der Waals surface area contributed by atoms with Gasteiger partial charge in [-0.2, -0.15) is 0 Å². The summed E-state index contributed by atoms with van der Waals surface area (Å²) in [7, 11) is 0. The molecular weight excluding hydrogens is 288 g/mol. The molecular formula is C24H40. The Morgan fingerprint density at radius 2 is 1.67 bits per heavy atom. The molecule has 0 aromatic rings. The van der Waals surface area contributed by atoms with Crippen molar-refractivity contribution in [1.82, 2.24) is 0 Å². The van der Waals surface area contributed by atoms with Crippen LogP contribution in [0.5, 0.6) is 0 Å². The van der Waals surface area contributed by atoms with Gasteiger partial charge in [-0.15, -0.1) is 0 Å². The summed E-state index contributed by atoms with van der Waals surface area (Å²) in [5.41, 5.74) is 2.31. The van der Waals surface area contributed by atoms with Crippen LogP contribution in [0.2, 0.25) is 0 Å². The number of hydrogen-bond donors (Lipinski definition) is 0. The van der Waals surface area contributed by atoms with Crippen molar-refractivity contribution in [1.29, 1.82) is 0 Å². The first-order chi connectivity index (χ1) is 11.6. The highest BCUT2D eigenvalue weighted by molar-refractivity contribution is 5.12. The molecule has 8 atom stereocenters. The van der Waals surface area contributed by atoms with Crippen molar-refractivity contribution < 1.29 is 0 Å². The maximum absolute atomic E-state index is 4.45. The minimum atomic E-state index is 0.736. The predicted octanol–water partition coefficient (Wildman–Crippen LogP) is 7.25. The van der Waals surface area contributed by atoms with E-state index >= 15 is 0 Å². The second kappa shape index (κ2) is 6.48. The van der Waals surface area contributed by atoms with Gasteiger partial charge in [-0.05, 0) is 111 Å². The highest BCUT2D eigenvalue weighted by Crippen LogP contribution is 2.65. The second-order valence-corrected chi connectivity index (χ2v) is 10.1. The topological polar surface area (TPSA) is 0 Å². The second-order valence-electron chi connectivity index (χ2n) is 10.1. The molecule has 4 fully saturated rings. The lowest BCUT2D eigenvalue weighted by molar-refractivity contribution is -0.107. The molecule has 136 valence electrons. The summed E-state index contributed by atoms with van der Waals surface area (Å²) in [6, 6.07) is 0. The van der Waals surface area contributed by atoms with Gasteiger partial charge in [0, 0.05) is 0 Å². The van der Waals surface area contributed by atoms with Crippen molar-refractivity contribution in [2.24, 2.45) is 46.8 Å². The van der Waals surface area contributed by atoms with E-state index in [0.29, 0.717) is 0 Å². The molecule has 0 N–H and O–H groups in total. The number of allylic oxidation sites excluding steroid dienone is 1. The van der Waals surface area contributed by atoms with Gasteiger partial charge in [-0.1, -0.05) is 39.3 Å². The summed E-state index contributed by atoms with van der Waals surface area (Å²) in [5.74, 6) is 7.14. The first-order valence-electron chi connectivity index (χ1n) is 11.3. The molecule has 0 spiro atoms. The molecule has 0 heterocycles. The molecule has 0 radical (unpaired) electrons. The Bertz CT molecular complexity index is 476. The lowest BCUT2D eigenvalue weighted by Gasteiger charge is -2.60. The fraction of sp³-hybridized carbons (Fsp3) is 0.917. The van der Waals surface area contributed by atoms with Crippen molar-refractivity contribution in [3.05, 3.63) is 12.2 Å². The standard InChI is InChI=1S/C24H40/c1-5-17(4)19-9-10-21-20(19)11-12-23-22(21)8-7-18-15-16(3)13-14-24(18,23)6-2/h16,18-23H,4-15H2,1-3H3. The highest BCUT2D eigenvalue weighted by Gasteiger charge is 2.57. The predicted molar refractivity (Wildman–Crippen MR) is 104 cm³/mol. The highest BCUT2D eigenvalue weighted by atomic mass is 14.6. The van der Waals surface area contributed by atoms with Crippen LogP contribution in [0.1, 0.15) is 91.4 Å². The summed E-state index contributed by atoms with van der Waals surface area (Å²) in [4.78, 5) is 0. The van der Waals surface area contributed by atoms with E-state index in [-0.39, 0.29) is 0 Å². The Kier molecular flexibility index (Phi) is 4.63. The SMILES string of the molecule is C=C(CC)C1CCC2C1CCC1C2CCC2CC(C)CCC21CC. The molecule has 0 bridgehead atoms. The van der Waals surface area contributed by atoms with Crippen LogP contribution >= 0.6 is 0 Å². The van der Waals surface area contributed by atoms with Gasteiger partial charge in [-0.3, -0.25) is 0 Å². The van der Waals surface area contributed by atoms with Crippen LogP contribution in [0.3, 0.4) is 0 Å². The van der Waals surface area contributed by atoms with E-state index in [2.05, 4.69) is 27.4 Å². The fourth-order valence-electron chi connectivity index (χ4n) is 8.40. The quantitative estimate of drug-likeness (QED) is 0.479. The summed E-state index contributed by atoms with van der Waals surface area (Å²) >= 11 is 0. The monoisotopic (exact) mass is 328 g/mol. The number of fused-ring (bicyclic) bond motifs is 5. The van der Waals surface area contributed by atoms with Crippen LogP contribution in [-0.4, -0.2) is 0 Å². The third kappa shape index (κ3) is 2.45.